The summed E-state index contributed by atoms with van der Waals surface area (Å²) < 4.78 is 40.2. The van der Waals surface area contributed by atoms with Crippen molar-refractivity contribution in [1.82, 2.24) is 0 Å². The number of carbonyl (C=O) groups excluding carboxylic acids is 1. The second kappa shape index (κ2) is 9.11. The minimum Gasteiger partial charge on any atom is -0.325 e. The largest absolute Gasteiger partial charge is 0.325 e. The van der Waals surface area contributed by atoms with Crippen molar-refractivity contribution in [3.05, 3.63) is 84.7 Å². The lowest BCUT2D eigenvalue weighted by atomic mass is 10.3. The van der Waals surface area contributed by atoms with E-state index in [9.17, 15) is 17.6 Å². The van der Waals surface area contributed by atoms with Crippen molar-refractivity contribution in [2.45, 2.75) is 22.0 Å². The molecular formula is C21H19FN2O3S2. The molecule has 29 heavy (non-hydrogen) atoms. The first-order valence-corrected chi connectivity index (χ1v) is 11.1. The van der Waals surface area contributed by atoms with Crippen LogP contribution in [-0.4, -0.2) is 19.6 Å². The number of nitrogens with one attached hydrogen (secondary N) is 2. The zero-order chi connectivity index (χ0) is 20.9. The monoisotopic (exact) mass is 430 g/mol. The summed E-state index contributed by atoms with van der Waals surface area (Å²) in [7, 11) is -3.82. The van der Waals surface area contributed by atoms with Crippen molar-refractivity contribution in [3.63, 3.8) is 0 Å². The van der Waals surface area contributed by atoms with Crippen LogP contribution in [0.5, 0.6) is 0 Å². The maximum Gasteiger partial charge on any atom is 0.261 e. The van der Waals surface area contributed by atoms with Gasteiger partial charge in [-0.3, -0.25) is 9.52 Å². The first-order chi connectivity index (χ1) is 13.8. The highest BCUT2D eigenvalue weighted by molar-refractivity contribution is 8.00. The lowest BCUT2D eigenvalue weighted by molar-refractivity contribution is -0.115. The Bertz CT molecular complexity index is 1070. The normalized spacial score (nSPS) is 12.2. The van der Waals surface area contributed by atoms with E-state index in [0.29, 0.717) is 5.69 Å². The zero-order valence-electron chi connectivity index (χ0n) is 15.5. The quantitative estimate of drug-likeness (QED) is 0.531. The summed E-state index contributed by atoms with van der Waals surface area (Å²) in [5.41, 5.74) is 0.756. The van der Waals surface area contributed by atoms with Crippen LogP contribution in [0.15, 0.2) is 88.7 Å². The number of hydrogen-bond acceptors (Lipinski definition) is 4. The van der Waals surface area contributed by atoms with E-state index in [2.05, 4.69) is 10.0 Å². The minimum atomic E-state index is -3.82. The molecule has 0 radical (unpaired) electrons. The van der Waals surface area contributed by atoms with Crippen LogP contribution in [0.2, 0.25) is 0 Å². The molecule has 0 heterocycles. The fourth-order valence-electron chi connectivity index (χ4n) is 2.45. The van der Waals surface area contributed by atoms with Crippen molar-refractivity contribution in [2.24, 2.45) is 0 Å². The third-order valence-electron chi connectivity index (χ3n) is 3.95. The summed E-state index contributed by atoms with van der Waals surface area (Å²) in [4.78, 5) is 13.4. The second-order valence-electron chi connectivity index (χ2n) is 6.20. The van der Waals surface area contributed by atoms with E-state index in [1.807, 2.05) is 30.3 Å². The Morgan fingerprint density at radius 2 is 1.48 bits per heavy atom. The van der Waals surface area contributed by atoms with Crippen LogP contribution < -0.4 is 10.0 Å². The number of halogens is 1. The fraction of sp³-hybridized carbons (Fsp3) is 0.0952. The molecule has 3 aromatic carbocycles. The maximum absolute atomic E-state index is 13.0. The second-order valence-corrected chi connectivity index (χ2v) is 9.30. The number of benzene rings is 3. The molecule has 0 aliphatic carbocycles. The molecular weight excluding hydrogens is 411 g/mol. The third kappa shape index (κ3) is 5.82. The molecule has 0 bridgehead atoms. The summed E-state index contributed by atoms with van der Waals surface area (Å²) >= 11 is 1.44. The number of sulfonamides is 1. The first-order valence-electron chi connectivity index (χ1n) is 8.74. The Morgan fingerprint density at radius 3 is 2.10 bits per heavy atom. The van der Waals surface area contributed by atoms with Crippen LogP contribution in [0.25, 0.3) is 0 Å². The van der Waals surface area contributed by atoms with Crippen molar-refractivity contribution in [3.8, 4) is 0 Å². The number of thioether (sulfide) groups is 1. The Kier molecular flexibility index (Phi) is 6.56. The van der Waals surface area contributed by atoms with E-state index in [1.54, 1.807) is 6.92 Å². The van der Waals surface area contributed by atoms with Crippen molar-refractivity contribution in [1.29, 1.82) is 0 Å². The fourth-order valence-corrected chi connectivity index (χ4v) is 4.40. The van der Waals surface area contributed by atoms with E-state index in [-0.39, 0.29) is 21.7 Å². The van der Waals surface area contributed by atoms with Gasteiger partial charge < -0.3 is 5.32 Å². The minimum absolute atomic E-state index is 0.0338. The SMILES string of the molecule is CC(Sc1ccccc1)C(=O)Nc1ccc(S(=O)(=O)Nc2ccc(F)cc2)cc1. The molecule has 1 unspecified atom stereocenters. The van der Waals surface area contributed by atoms with Gasteiger partial charge in [0.1, 0.15) is 5.82 Å². The lowest BCUT2D eigenvalue weighted by Gasteiger charge is -2.13. The molecule has 5 nitrogen and oxygen atoms in total. The number of amides is 1. The molecule has 0 aliphatic rings. The van der Waals surface area contributed by atoms with Gasteiger partial charge in [0.05, 0.1) is 10.1 Å². The summed E-state index contributed by atoms with van der Waals surface area (Å²) in [6, 6.07) is 20.5. The van der Waals surface area contributed by atoms with Gasteiger partial charge in [0.2, 0.25) is 5.91 Å². The molecule has 0 aromatic heterocycles. The van der Waals surface area contributed by atoms with Crippen LogP contribution >= 0.6 is 11.8 Å². The van der Waals surface area contributed by atoms with Crippen LogP contribution in [0, 0.1) is 5.82 Å². The number of carbonyl (C=O) groups is 1. The third-order valence-corrected chi connectivity index (χ3v) is 6.46. The predicted molar refractivity (Wildman–Crippen MR) is 114 cm³/mol. The molecule has 150 valence electrons. The smallest absolute Gasteiger partial charge is 0.261 e. The molecule has 1 amide bonds. The summed E-state index contributed by atoms with van der Waals surface area (Å²) in [5.74, 6) is -0.633. The van der Waals surface area contributed by atoms with E-state index in [4.69, 9.17) is 0 Å². The highest BCUT2D eigenvalue weighted by Gasteiger charge is 2.17. The molecule has 0 saturated carbocycles. The number of hydrogen-bond donors (Lipinski definition) is 2. The van der Waals surface area contributed by atoms with Gasteiger partial charge in [0.15, 0.2) is 0 Å². The molecule has 0 spiro atoms. The van der Waals surface area contributed by atoms with Crippen molar-refractivity contribution >= 4 is 39.1 Å². The van der Waals surface area contributed by atoms with E-state index >= 15 is 0 Å². The van der Waals surface area contributed by atoms with Crippen LogP contribution in [0.4, 0.5) is 15.8 Å². The average molecular weight is 431 g/mol. The molecule has 1 atom stereocenters. The topological polar surface area (TPSA) is 75.3 Å². The molecule has 8 heteroatoms. The van der Waals surface area contributed by atoms with Gasteiger partial charge in [-0.1, -0.05) is 18.2 Å². The Hall–Kier alpha value is -2.84. The molecule has 0 saturated heterocycles. The van der Waals surface area contributed by atoms with Crippen molar-refractivity contribution < 1.29 is 17.6 Å². The first kappa shape index (κ1) is 20.9. The predicted octanol–water partition coefficient (Wildman–Crippen LogP) is 4.75. The van der Waals surface area contributed by atoms with E-state index < -0.39 is 15.8 Å². The zero-order valence-corrected chi connectivity index (χ0v) is 17.1. The van der Waals surface area contributed by atoms with E-state index in [1.165, 1.54) is 60.3 Å². The van der Waals surface area contributed by atoms with Gasteiger partial charge in [0.25, 0.3) is 10.0 Å². The Labute approximate surface area is 173 Å². The van der Waals surface area contributed by atoms with Crippen LogP contribution in [0.3, 0.4) is 0 Å². The Balaban J connectivity index is 1.63. The van der Waals surface area contributed by atoms with Gasteiger partial charge in [-0.25, -0.2) is 12.8 Å². The number of anilines is 2. The molecule has 3 aromatic rings. The van der Waals surface area contributed by atoms with Crippen molar-refractivity contribution in [2.75, 3.05) is 10.0 Å². The summed E-state index contributed by atoms with van der Waals surface area (Å²) in [5, 5.41) is 2.46. The molecule has 0 aliphatic heterocycles. The maximum atomic E-state index is 13.0. The number of rotatable bonds is 7. The van der Waals surface area contributed by atoms with Gasteiger partial charge >= 0.3 is 0 Å². The van der Waals surface area contributed by atoms with Gasteiger partial charge in [0, 0.05) is 16.3 Å². The van der Waals surface area contributed by atoms with Crippen LogP contribution in [-0.2, 0) is 14.8 Å². The van der Waals surface area contributed by atoms with Crippen LogP contribution in [0.1, 0.15) is 6.92 Å². The highest BCUT2D eigenvalue weighted by atomic mass is 32.2. The molecule has 2 N–H and O–H groups in total. The molecule has 3 rings (SSSR count). The standard InChI is InChI=1S/C21H19FN2O3S2/c1-15(28-19-5-3-2-4-6-19)21(25)23-17-11-13-20(14-12-17)29(26,27)24-18-9-7-16(22)8-10-18/h2-15,24H,1H3,(H,23,25). The van der Waals surface area contributed by atoms with E-state index in [0.717, 1.165) is 4.90 Å². The summed E-state index contributed by atoms with van der Waals surface area (Å²) in [6.07, 6.45) is 0. The van der Waals surface area contributed by atoms with Gasteiger partial charge in [-0.15, -0.1) is 11.8 Å². The highest BCUT2D eigenvalue weighted by Crippen LogP contribution is 2.24. The van der Waals surface area contributed by atoms with Gasteiger partial charge in [-0.05, 0) is 67.6 Å². The Morgan fingerprint density at radius 1 is 0.897 bits per heavy atom. The average Bonchev–Trinajstić information content (AvgIpc) is 2.71. The summed E-state index contributed by atoms with van der Waals surface area (Å²) in [6.45, 7) is 1.80. The lowest BCUT2D eigenvalue weighted by Crippen LogP contribution is -2.22. The molecule has 0 fully saturated rings. The van der Waals surface area contributed by atoms with Gasteiger partial charge in [-0.2, -0.15) is 0 Å².